The van der Waals surface area contributed by atoms with Crippen LogP contribution < -0.4 is 0 Å². The van der Waals surface area contributed by atoms with Crippen molar-refractivity contribution >= 4 is 40.7 Å². The van der Waals surface area contributed by atoms with E-state index < -0.39 is 0 Å². The van der Waals surface area contributed by atoms with Gasteiger partial charge in [-0.3, -0.25) is 4.79 Å². The molecular weight excluding hydrogens is 367 g/mol. The summed E-state index contributed by atoms with van der Waals surface area (Å²) < 4.78 is 1.58. The molecule has 0 bridgehead atoms. The normalized spacial score (nSPS) is 12.1. The molecule has 2 aromatic carbocycles. The topological polar surface area (TPSA) is 60.7 Å². The van der Waals surface area contributed by atoms with E-state index in [9.17, 15) is 4.79 Å². The van der Waals surface area contributed by atoms with Gasteiger partial charge in [0.2, 0.25) is 5.16 Å². The summed E-state index contributed by atoms with van der Waals surface area (Å²) in [5.41, 5.74) is 1.38. The first kappa shape index (κ1) is 17.0. The SMILES string of the molecule is C[C@@H](Sc1nnnn1-c1ccc(Cl)cc1)C(=O)c1ccc(Cl)cc1. The predicted octanol–water partition coefficient (Wildman–Crippen LogP) is 4.33. The highest BCUT2D eigenvalue weighted by molar-refractivity contribution is 8.00. The molecule has 0 unspecified atom stereocenters. The molecule has 0 spiro atoms. The number of aromatic nitrogens is 4. The average Bonchev–Trinajstić information content (AvgIpc) is 3.03. The zero-order valence-corrected chi connectivity index (χ0v) is 14.9. The van der Waals surface area contributed by atoms with Crippen LogP contribution in [0.2, 0.25) is 10.0 Å². The molecule has 3 rings (SSSR count). The van der Waals surface area contributed by atoms with Gasteiger partial charge >= 0.3 is 0 Å². The first-order chi connectivity index (χ1) is 11.5. The highest BCUT2D eigenvalue weighted by atomic mass is 35.5. The third-order valence-corrected chi connectivity index (χ3v) is 4.83. The Bertz CT molecular complexity index is 849. The average molecular weight is 379 g/mol. The van der Waals surface area contributed by atoms with E-state index in [0.29, 0.717) is 20.8 Å². The summed E-state index contributed by atoms with van der Waals surface area (Å²) in [5.74, 6) is -0.0117. The van der Waals surface area contributed by atoms with Crippen molar-refractivity contribution in [1.29, 1.82) is 0 Å². The molecule has 0 radical (unpaired) electrons. The lowest BCUT2D eigenvalue weighted by molar-refractivity contribution is 0.0994. The molecule has 3 aromatic rings. The molecule has 0 saturated carbocycles. The molecule has 1 aromatic heterocycles. The summed E-state index contributed by atoms with van der Waals surface area (Å²) in [5, 5.41) is 13.1. The summed E-state index contributed by atoms with van der Waals surface area (Å²) in [4.78, 5) is 12.5. The van der Waals surface area contributed by atoms with Crippen molar-refractivity contribution < 1.29 is 4.79 Å². The predicted molar refractivity (Wildman–Crippen MR) is 95.3 cm³/mol. The van der Waals surface area contributed by atoms with Crippen LogP contribution in [-0.4, -0.2) is 31.2 Å². The largest absolute Gasteiger partial charge is 0.293 e. The molecule has 0 N–H and O–H groups in total. The molecular formula is C16H12Cl2N4OS. The van der Waals surface area contributed by atoms with Gasteiger partial charge in [0.05, 0.1) is 10.9 Å². The lowest BCUT2D eigenvalue weighted by Gasteiger charge is -2.10. The Morgan fingerprint density at radius 3 is 2.25 bits per heavy atom. The highest BCUT2D eigenvalue weighted by Gasteiger charge is 2.20. The smallest absolute Gasteiger partial charge is 0.214 e. The number of carbonyl (C=O) groups excluding carboxylic acids is 1. The van der Waals surface area contributed by atoms with Gasteiger partial charge in [0.15, 0.2) is 5.78 Å². The number of hydrogen-bond acceptors (Lipinski definition) is 5. The number of benzene rings is 2. The molecule has 0 aliphatic rings. The van der Waals surface area contributed by atoms with E-state index in [-0.39, 0.29) is 11.0 Å². The van der Waals surface area contributed by atoms with Crippen molar-refractivity contribution in [3.8, 4) is 5.69 Å². The van der Waals surface area contributed by atoms with Crippen molar-refractivity contribution in [3.63, 3.8) is 0 Å². The van der Waals surface area contributed by atoms with E-state index in [1.807, 2.05) is 19.1 Å². The second-order valence-electron chi connectivity index (χ2n) is 4.98. The molecule has 1 heterocycles. The maximum Gasteiger partial charge on any atom is 0.214 e. The number of hydrogen-bond donors (Lipinski definition) is 0. The summed E-state index contributed by atoms with van der Waals surface area (Å²) in [6.07, 6.45) is 0. The molecule has 0 aliphatic heterocycles. The monoisotopic (exact) mass is 378 g/mol. The van der Waals surface area contributed by atoms with Crippen LogP contribution in [0.4, 0.5) is 0 Å². The van der Waals surface area contributed by atoms with Gasteiger partial charge < -0.3 is 0 Å². The Hall–Kier alpha value is -1.89. The molecule has 0 saturated heterocycles. The maximum atomic E-state index is 12.5. The lowest BCUT2D eigenvalue weighted by atomic mass is 10.1. The Labute approximate surface area is 153 Å². The third-order valence-electron chi connectivity index (χ3n) is 3.29. The van der Waals surface area contributed by atoms with E-state index in [4.69, 9.17) is 23.2 Å². The van der Waals surface area contributed by atoms with Gasteiger partial charge in [-0.15, -0.1) is 5.10 Å². The minimum Gasteiger partial charge on any atom is -0.293 e. The summed E-state index contributed by atoms with van der Waals surface area (Å²) >= 11 is 13.0. The molecule has 0 fully saturated rings. The number of ketones is 1. The van der Waals surface area contributed by atoms with Gasteiger partial charge in [-0.2, -0.15) is 4.68 Å². The van der Waals surface area contributed by atoms with E-state index in [2.05, 4.69) is 15.5 Å². The van der Waals surface area contributed by atoms with Crippen LogP contribution in [0, 0.1) is 0 Å². The number of halogens is 2. The van der Waals surface area contributed by atoms with E-state index in [0.717, 1.165) is 5.69 Å². The number of tetrazole rings is 1. The molecule has 0 amide bonds. The fourth-order valence-electron chi connectivity index (χ4n) is 2.06. The van der Waals surface area contributed by atoms with Gasteiger partial charge in [0.25, 0.3) is 0 Å². The number of thioether (sulfide) groups is 1. The second kappa shape index (κ2) is 7.34. The van der Waals surface area contributed by atoms with Crippen molar-refractivity contribution in [2.45, 2.75) is 17.3 Å². The minimum absolute atomic E-state index is 0.0117. The summed E-state index contributed by atoms with van der Waals surface area (Å²) in [7, 11) is 0. The van der Waals surface area contributed by atoms with E-state index in [1.54, 1.807) is 41.1 Å². The highest BCUT2D eigenvalue weighted by Crippen LogP contribution is 2.26. The van der Waals surface area contributed by atoms with Crippen molar-refractivity contribution in [2.24, 2.45) is 0 Å². The van der Waals surface area contributed by atoms with Gasteiger partial charge in [-0.1, -0.05) is 35.0 Å². The van der Waals surface area contributed by atoms with Crippen LogP contribution in [0.25, 0.3) is 5.69 Å². The quantitative estimate of drug-likeness (QED) is 0.488. The molecule has 0 aliphatic carbocycles. The zero-order valence-electron chi connectivity index (χ0n) is 12.6. The molecule has 1 atom stereocenters. The van der Waals surface area contributed by atoms with E-state index >= 15 is 0 Å². The summed E-state index contributed by atoms with van der Waals surface area (Å²) in [6, 6.07) is 14.0. The number of rotatable bonds is 5. The first-order valence-corrected chi connectivity index (χ1v) is 8.69. The third kappa shape index (κ3) is 3.77. The first-order valence-electron chi connectivity index (χ1n) is 7.05. The molecule has 8 heteroatoms. The number of Topliss-reactive ketones (excluding diaryl/α,β-unsaturated/α-hetero) is 1. The van der Waals surface area contributed by atoms with Crippen LogP contribution >= 0.6 is 35.0 Å². The Morgan fingerprint density at radius 2 is 1.62 bits per heavy atom. The van der Waals surface area contributed by atoms with Crippen LogP contribution in [0.1, 0.15) is 17.3 Å². The zero-order chi connectivity index (χ0) is 17.1. The standard InChI is InChI=1S/C16H12Cl2N4OS/c1-10(15(23)11-2-4-12(17)5-3-11)24-16-19-20-21-22(16)14-8-6-13(18)7-9-14/h2-10H,1H3/t10-/m1/s1. The van der Waals surface area contributed by atoms with Crippen molar-refractivity contribution in [2.75, 3.05) is 0 Å². The summed E-state index contributed by atoms with van der Waals surface area (Å²) in [6.45, 7) is 1.82. The Balaban J connectivity index is 1.79. The van der Waals surface area contributed by atoms with Crippen molar-refractivity contribution in [3.05, 3.63) is 64.1 Å². The van der Waals surface area contributed by atoms with Gasteiger partial charge in [0, 0.05) is 15.6 Å². The van der Waals surface area contributed by atoms with Gasteiger partial charge in [0.1, 0.15) is 0 Å². The van der Waals surface area contributed by atoms with Gasteiger partial charge in [-0.05, 0) is 65.9 Å². The molecule has 5 nitrogen and oxygen atoms in total. The van der Waals surface area contributed by atoms with Crippen LogP contribution in [0.5, 0.6) is 0 Å². The fourth-order valence-corrected chi connectivity index (χ4v) is 3.19. The molecule has 24 heavy (non-hydrogen) atoms. The fraction of sp³-hybridized carbons (Fsp3) is 0.125. The minimum atomic E-state index is -0.344. The van der Waals surface area contributed by atoms with Crippen LogP contribution in [-0.2, 0) is 0 Å². The van der Waals surface area contributed by atoms with Crippen molar-refractivity contribution in [1.82, 2.24) is 20.2 Å². The van der Waals surface area contributed by atoms with Gasteiger partial charge in [-0.25, -0.2) is 0 Å². The van der Waals surface area contributed by atoms with E-state index in [1.165, 1.54) is 11.8 Å². The molecule has 122 valence electrons. The Morgan fingerprint density at radius 1 is 1.04 bits per heavy atom. The number of carbonyl (C=O) groups is 1. The number of nitrogens with zero attached hydrogens (tertiary/aromatic N) is 4. The second-order valence-corrected chi connectivity index (χ2v) is 7.16. The lowest BCUT2D eigenvalue weighted by Crippen LogP contribution is -2.14. The van der Waals surface area contributed by atoms with Crippen LogP contribution in [0.15, 0.2) is 53.7 Å². The Kier molecular flexibility index (Phi) is 5.18. The maximum absolute atomic E-state index is 12.5. The van der Waals surface area contributed by atoms with Crippen LogP contribution in [0.3, 0.4) is 0 Å².